The molecule has 3 aromatic rings. The van der Waals surface area contributed by atoms with E-state index in [0.29, 0.717) is 10.7 Å². The lowest BCUT2D eigenvalue weighted by Gasteiger charge is -2.23. The number of aromatic nitrogens is 2. The van der Waals surface area contributed by atoms with E-state index in [1.165, 1.54) is 0 Å². The van der Waals surface area contributed by atoms with Crippen molar-refractivity contribution in [2.75, 3.05) is 7.05 Å². The van der Waals surface area contributed by atoms with Gasteiger partial charge in [-0.2, -0.15) is 0 Å². The van der Waals surface area contributed by atoms with E-state index in [9.17, 15) is 4.79 Å². The molecule has 6 heteroatoms. The summed E-state index contributed by atoms with van der Waals surface area (Å²) in [5.41, 5.74) is 2.58. The van der Waals surface area contributed by atoms with Crippen molar-refractivity contribution in [3.63, 3.8) is 0 Å². The SMILES string of the molecule is Cc1csc([C@@H](C)N(C)C(=O)c2cc3ccc(Cl)cc3n2C)n1. The summed E-state index contributed by atoms with van der Waals surface area (Å²) < 4.78 is 1.89. The van der Waals surface area contributed by atoms with E-state index in [1.807, 2.05) is 62.2 Å². The topological polar surface area (TPSA) is 38.1 Å². The third kappa shape index (κ3) is 2.86. The fourth-order valence-corrected chi connectivity index (χ4v) is 3.66. The van der Waals surface area contributed by atoms with Crippen LogP contribution in [0, 0.1) is 6.92 Å². The highest BCUT2D eigenvalue weighted by Crippen LogP contribution is 2.27. The number of carbonyl (C=O) groups excluding carboxylic acids is 1. The molecule has 1 atom stereocenters. The number of halogens is 1. The van der Waals surface area contributed by atoms with Crippen molar-refractivity contribution in [3.05, 3.63) is 51.1 Å². The van der Waals surface area contributed by atoms with Gasteiger partial charge < -0.3 is 9.47 Å². The maximum Gasteiger partial charge on any atom is 0.270 e. The molecule has 0 N–H and O–H groups in total. The van der Waals surface area contributed by atoms with Crippen LogP contribution in [-0.4, -0.2) is 27.4 Å². The van der Waals surface area contributed by atoms with Crippen molar-refractivity contribution < 1.29 is 4.79 Å². The van der Waals surface area contributed by atoms with E-state index in [2.05, 4.69) is 4.98 Å². The van der Waals surface area contributed by atoms with Gasteiger partial charge in [0.05, 0.1) is 6.04 Å². The molecule has 0 spiro atoms. The minimum atomic E-state index is -0.0669. The number of fused-ring (bicyclic) bond motifs is 1. The number of benzene rings is 1. The monoisotopic (exact) mass is 347 g/mol. The first kappa shape index (κ1) is 16.0. The number of carbonyl (C=O) groups is 1. The van der Waals surface area contributed by atoms with Crippen molar-refractivity contribution >= 4 is 39.7 Å². The van der Waals surface area contributed by atoms with Crippen LogP contribution in [0.1, 0.15) is 34.2 Å². The zero-order valence-corrected chi connectivity index (χ0v) is 15.1. The quantitative estimate of drug-likeness (QED) is 0.703. The zero-order chi connectivity index (χ0) is 16.7. The highest BCUT2D eigenvalue weighted by Gasteiger charge is 2.23. The van der Waals surface area contributed by atoms with E-state index in [1.54, 1.807) is 16.2 Å². The molecule has 1 aromatic carbocycles. The highest BCUT2D eigenvalue weighted by molar-refractivity contribution is 7.09. The first-order valence-corrected chi connectivity index (χ1v) is 8.58. The zero-order valence-electron chi connectivity index (χ0n) is 13.5. The number of rotatable bonds is 3. The summed E-state index contributed by atoms with van der Waals surface area (Å²) in [5, 5.41) is 4.62. The van der Waals surface area contributed by atoms with Crippen LogP contribution in [0.15, 0.2) is 29.6 Å². The van der Waals surface area contributed by atoms with E-state index in [0.717, 1.165) is 21.6 Å². The first-order chi connectivity index (χ1) is 10.9. The summed E-state index contributed by atoms with van der Waals surface area (Å²) in [6.07, 6.45) is 0. The van der Waals surface area contributed by atoms with Gasteiger partial charge in [0.25, 0.3) is 5.91 Å². The van der Waals surface area contributed by atoms with Crippen molar-refractivity contribution in [2.45, 2.75) is 19.9 Å². The molecule has 23 heavy (non-hydrogen) atoms. The Morgan fingerprint density at radius 3 is 2.78 bits per heavy atom. The van der Waals surface area contributed by atoms with Crippen molar-refractivity contribution in [3.8, 4) is 0 Å². The second-order valence-corrected chi connectivity index (χ2v) is 7.04. The van der Waals surface area contributed by atoms with Crippen LogP contribution in [0.25, 0.3) is 10.9 Å². The predicted molar refractivity (Wildman–Crippen MR) is 95.3 cm³/mol. The lowest BCUT2D eigenvalue weighted by Crippen LogP contribution is -2.30. The van der Waals surface area contributed by atoms with Gasteiger partial charge in [-0.05, 0) is 32.0 Å². The summed E-state index contributed by atoms with van der Waals surface area (Å²) in [4.78, 5) is 19.1. The predicted octanol–water partition coefficient (Wildman–Crippen LogP) is 4.43. The Morgan fingerprint density at radius 2 is 2.13 bits per heavy atom. The van der Waals surface area contributed by atoms with Gasteiger partial charge in [0, 0.05) is 41.1 Å². The van der Waals surface area contributed by atoms with Crippen LogP contribution in [0.3, 0.4) is 0 Å². The number of hydrogen-bond acceptors (Lipinski definition) is 3. The Labute approximate surface area is 144 Å². The van der Waals surface area contributed by atoms with Gasteiger partial charge in [0.1, 0.15) is 10.7 Å². The molecule has 0 fully saturated rings. The van der Waals surface area contributed by atoms with Crippen LogP contribution in [0.5, 0.6) is 0 Å². The molecular formula is C17H18ClN3OS. The average molecular weight is 348 g/mol. The lowest BCUT2D eigenvalue weighted by atomic mass is 10.2. The molecule has 0 saturated carbocycles. The van der Waals surface area contributed by atoms with Gasteiger partial charge in [-0.15, -0.1) is 11.3 Å². The standard InChI is InChI=1S/C17H18ClN3OS/c1-10-9-23-16(19-10)11(2)20(3)17(22)15-7-12-5-6-13(18)8-14(12)21(15)4/h5-9,11H,1-4H3/t11-/m1/s1. The molecule has 120 valence electrons. The van der Waals surface area contributed by atoms with Crippen molar-refractivity contribution in [1.82, 2.24) is 14.5 Å². The molecule has 0 aliphatic carbocycles. The third-order valence-corrected chi connectivity index (χ3v) is 5.49. The minimum Gasteiger partial charge on any atom is -0.340 e. The maximum atomic E-state index is 12.9. The molecule has 0 radical (unpaired) electrons. The second kappa shape index (κ2) is 5.98. The van der Waals surface area contributed by atoms with Gasteiger partial charge in [-0.3, -0.25) is 4.79 Å². The molecule has 2 aromatic heterocycles. The Hall–Kier alpha value is -1.85. The summed E-state index contributed by atoms with van der Waals surface area (Å²) >= 11 is 7.64. The molecule has 0 aliphatic heterocycles. The number of hydrogen-bond donors (Lipinski definition) is 0. The van der Waals surface area contributed by atoms with Gasteiger partial charge in [0.2, 0.25) is 0 Å². The normalized spacial score (nSPS) is 12.6. The van der Waals surface area contributed by atoms with E-state index >= 15 is 0 Å². The van der Waals surface area contributed by atoms with Crippen LogP contribution in [0.2, 0.25) is 5.02 Å². The Morgan fingerprint density at radius 1 is 1.39 bits per heavy atom. The van der Waals surface area contributed by atoms with E-state index in [-0.39, 0.29) is 11.9 Å². The largest absolute Gasteiger partial charge is 0.340 e. The van der Waals surface area contributed by atoms with E-state index < -0.39 is 0 Å². The lowest BCUT2D eigenvalue weighted by molar-refractivity contribution is 0.0733. The molecule has 0 unspecified atom stereocenters. The number of aryl methyl sites for hydroxylation is 2. The Kier molecular flexibility index (Phi) is 4.17. The van der Waals surface area contributed by atoms with Crippen LogP contribution >= 0.6 is 22.9 Å². The molecule has 0 saturated heterocycles. The molecule has 0 aliphatic rings. The number of amides is 1. The Balaban J connectivity index is 1.95. The molecule has 2 heterocycles. The fourth-order valence-electron chi connectivity index (χ4n) is 2.59. The Bertz CT molecular complexity index is 883. The van der Waals surface area contributed by atoms with Gasteiger partial charge in [-0.1, -0.05) is 17.7 Å². The van der Waals surface area contributed by atoms with Crippen molar-refractivity contribution in [1.29, 1.82) is 0 Å². The molecule has 0 bridgehead atoms. The van der Waals surface area contributed by atoms with Crippen LogP contribution in [-0.2, 0) is 7.05 Å². The number of nitrogens with zero attached hydrogens (tertiary/aromatic N) is 3. The highest BCUT2D eigenvalue weighted by atomic mass is 35.5. The van der Waals surface area contributed by atoms with Crippen LogP contribution < -0.4 is 0 Å². The molecule has 1 amide bonds. The maximum absolute atomic E-state index is 12.9. The third-order valence-electron chi connectivity index (χ3n) is 4.12. The second-order valence-electron chi connectivity index (χ2n) is 5.71. The average Bonchev–Trinajstić information content (AvgIpc) is 3.10. The molecule has 3 rings (SSSR count). The molecule has 4 nitrogen and oxygen atoms in total. The van der Waals surface area contributed by atoms with E-state index in [4.69, 9.17) is 11.6 Å². The summed E-state index contributed by atoms with van der Waals surface area (Å²) in [5.74, 6) is -0.0276. The van der Waals surface area contributed by atoms with Gasteiger partial charge >= 0.3 is 0 Å². The number of thiazole rings is 1. The fraction of sp³-hybridized carbons (Fsp3) is 0.294. The van der Waals surface area contributed by atoms with Crippen LogP contribution in [0.4, 0.5) is 0 Å². The van der Waals surface area contributed by atoms with Gasteiger partial charge in [-0.25, -0.2) is 4.98 Å². The van der Waals surface area contributed by atoms with Crippen molar-refractivity contribution in [2.24, 2.45) is 7.05 Å². The summed E-state index contributed by atoms with van der Waals surface area (Å²) in [6, 6.07) is 7.49. The summed E-state index contributed by atoms with van der Waals surface area (Å²) in [6.45, 7) is 3.96. The minimum absolute atomic E-state index is 0.0276. The smallest absolute Gasteiger partial charge is 0.270 e. The van der Waals surface area contributed by atoms with Gasteiger partial charge in [0.15, 0.2) is 0 Å². The first-order valence-electron chi connectivity index (χ1n) is 7.32. The summed E-state index contributed by atoms with van der Waals surface area (Å²) in [7, 11) is 3.70. The molecular weight excluding hydrogens is 330 g/mol.